The summed E-state index contributed by atoms with van der Waals surface area (Å²) in [5, 5.41) is 4.74. The van der Waals surface area contributed by atoms with E-state index in [4.69, 9.17) is 11.6 Å². The fraction of sp³-hybridized carbons (Fsp3) is 0.625. The minimum atomic E-state index is -0.823. The van der Waals surface area contributed by atoms with Gasteiger partial charge in [-0.3, -0.25) is 8.89 Å². The van der Waals surface area contributed by atoms with Crippen molar-refractivity contribution in [2.24, 2.45) is 7.05 Å². The molecular weight excluding hydrogens is 208 g/mol. The molecule has 0 fully saturated rings. The van der Waals surface area contributed by atoms with Crippen molar-refractivity contribution in [3.8, 4) is 0 Å². The van der Waals surface area contributed by atoms with Crippen molar-refractivity contribution in [2.45, 2.75) is 19.6 Å². The zero-order valence-electron chi connectivity index (χ0n) is 8.00. The van der Waals surface area contributed by atoms with Gasteiger partial charge in [0.05, 0.1) is 11.4 Å². The van der Waals surface area contributed by atoms with Crippen LogP contribution in [0.1, 0.15) is 18.2 Å². The number of aryl methyl sites for hydroxylation is 2. The molecule has 0 radical (unpaired) electrons. The maximum Gasteiger partial charge on any atom is 0.131 e. The van der Waals surface area contributed by atoms with Crippen LogP contribution < -0.4 is 0 Å². The van der Waals surface area contributed by atoms with Crippen LogP contribution in [0, 0.1) is 6.92 Å². The molecule has 5 heteroatoms. The molecule has 74 valence electrons. The highest BCUT2D eigenvalue weighted by molar-refractivity contribution is 7.84. The van der Waals surface area contributed by atoms with Gasteiger partial charge >= 0.3 is 0 Å². The first kappa shape index (κ1) is 10.7. The third-order valence-corrected chi connectivity index (χ3v) is 3.62. The average Bonchev–Trinajstić information content (AvgIpc) is 2.32. The Kier molecular flexibility index (Phi) is 3.50. The maximum absolute atomic E-state index is 11.3. The third kappa shape index (κ3) is 2.31. The smallest absolute Gasteiger partial charge is 0.131 e. The summed E-state index contributed by atoms with van der Waals surface area (Å²) < 4.78 is 12.9. The molecule has 1 atom stereocenters. The maximum atomic E-state index is 11.3. The number of nitrogens with zero attached hydrogens (tertiary/aromatic N) is 2. The number of hydrogen-bond acceptors (Lipinski definition) is 2. The Morgan fingerprint density at radius 3 is 2.62 bits per heavy atom. The predicted molar refractivity (Wildman–Crippen MR) is 55.3 cm³/mol. The molecule has 1 aromatic rings. The lowest BCUT2D eigenvalue weighted by molar-refractivity contribution is 0.683. The van der Waals surface area contributed by atoms with Crippen LogP contribution in [0.15, 0.2) is 0 Å². The molecule has 1 unspecified atom stereocenters. The molecular formula is C8H13ClN2OS. The van der Waals surface area contributed by atoms with E-state index in [2.05, 4.69) is 5.10 Å². The van der Waals surface area contributed by atoms with Gasteiger partial charge in [0.2, 0.25) is 0 Å². The van der Waals surface area contributed by atoms with Crippen molar-refractivity contribution in [3.63, 3.8) is 0 Å². The van der Waals surface area contributed by atoms with Crippen LogP contribution in [0.5, 0.6) is 0 Å². The molecule has 0 bridgehead atoms. The van der Waals surface area contributed by atoms with Gasteiger partial charge in [-0.2, -0.15) is 5.10 Å². The van der Waals surface area contributed by atoms with E-state index in [1.165, 1.54) is 0 Å². The van der Waals surface area contributed by atoms with Crippen LogP contribution in [0.25, 0.3) is 0 Å². The molecule has 0 aliphatic carbocycles. The highest BCUT2D eigenvalue weighted by atomic mass is 35.5. The summed E-state index contributed by atoms with van der Waals surface area (Å²) in [7, 11) is 0.962. The van der Waals surface area contributed by atoms with E-state index in [1.807, 2.05) is 13.8 Å². The molecule has 1 rings (SSSR count). The number of aromatic nitrogens is 2. The van der Waals surface area contributed by atoms with Crippen LogP contribution in [0.2, 0.25) is 5.15 Å². The fourth-order valence-corrected chi connectivity index (χ4v) is 2.29. The zero-order valence-corrected chi connectivity index (χ0v) is 9.58. The van der Waals surface area contributed by atoms with Gasteiger partial charge in [0, 0.05) is 29.2 Å². The monoisotopic (exact) mass is 220 g/mol. The van der Waals surface area contributed by atoms with E-state index >= 15 is 0 Å². The summed E-state index contributed by atoms with van der Waals surface area (Å²) in [6, 6.07) is 0. The summed E-state index contributed by atoms with van der Waals surface area (Å²) in [6.45, 7) is 3.78. The fourth-order valence-electron chi connectivity index (χ4n) is 1.10. The van der Waals surface area contributed by atoms with Crippen molar-refractivity contribution in [1.29, 1.82) is 0 Å². The van der Waals surface area contributed by atoms with Crippen molar-refractivity contribution in [1.82, 2.24) is 9.78 Å². The Bertz CT molecular complexity index is 335. The Morgan fingerprint density at radius 2 is 2.23 bits per heavy atom. The molecule has 0 amide bonds. The Balaban J connectivity index is 2.94. The van der Waals surface area contributed by atoms with Crippen LogP contribution in [-0.2, 0) is 23.6 Å². The first-order valence-corrected chi connectivity index (χ1v) is 5.95. The Hall–Kier alpha value is -0.350. The predicted octanol–water partition coefficient (Wildman–Crippen LogP) is 1.65. The first-order chi connectivity index (χ1) is 6.06. The molecule has 13 heavy (non-hydrogen) atoms. The largest absolute Gasteiger partial charge is 0.259 e. The average molecular weight is 221 g/mol. The van der Waals surface area contributed by atoms with E-state index in [1.54, 1.807) is 11.7 Å². The second-order valence-electron chi connectivity index (χ2n) is 2.85. The lowest BCUT2D eigenvalue weighted by Crippen LogP contribution is -1.98. The molecule has 0 saturated heterocycles. The summed E-state index contributed by atoms with van der Waals surface area (Å²) >= 11 is 5.98. The molecule has 0 aliphatic heterocycles. The van der Waals surface area contributed by atoms with Gasteiger partial charge in [-0.05, 0) is 6.92 Å². The van der Waals surface area contributed by atoms with Gasteiger partial charge in [-0.1, -0.05) is 18.5 Å². The first-order valence-electron chi connectivity index (χ1n) is 4.09. The molecule has 3 nitrogen and oxygen atoms in total. The van der Waals surface area contributed by atoms with Crippen molar-refractivity contribution in [3.05, 3.63) is 16.4 Å². The van der Waals surface area contributed by atoms with Crippen LogP contribution in [-0.4, -0.2) is 19.7 Å². The normalized spacial score (nSPS) is 13.2. The highest BCUT2D eigenvalue weighted by Crippen LogP contribution is 2.20. The number of hydrogen-bond donors (Lipinski definition) is 0. The van der Waals surface area contributed by atoms with Gasteiger partial charge in [0.1, 0.15) is 5.15 Å². The molecule has 0 aromatic carbocycles. The van der Waals surface area contributed by atoms with Gasteiger partial charge in [-0.15, -0.1) is 0 Å². The lowest BCUT2D eigenvalue weighted by atomic mass is 10.3. The summed E-state index contributed by atoms with van der Waals surface area (Å²) in [5.41, 5.74) is 1.78. The zero-order chi connectivity index (χ0) is 10.0. The van der Waals surface area contributed by atoms with E-state index in [0.717, 1.165) is 11.3 Å². The minimum absolute atomic E-state index is 0.509. The van der Waals surface area contributed by atoms with E-state index in [9.17, 15) is 4.21 Å². The third-order valence-electron chi connectivity index (χ3n) is 1.90. The quantitative estimate of drug-likeness (QED) is 0.777. The van der Waals surface area contributed by atoms with E-state index in [-0.39, 0.29) is 0 Å². The molecule has 0 aliphatic rings. The second kappa shape index (κ2) is 4.24. The van der Waals surface area contributed by atoms with Gasteiger partial charge in [0.25, 0.3) is 0 Å². The molecule has 0 N–H and O–H groups in total. The van der Waals surface area contributed by atoms with Gasteiger partial charge in [-0.25, -0.2) is 0 Å². The molecule has 1 aromatic heterocycles. The van der Waals surface area contributed by atoms with E-state index < -0.39 is 10.8 Å². The highest BCUT2D eigenvalue weighted by Gasteiger charge is 2.12. The van der Waals surface area contributed by atoms with Crippen molar-refractivity contribution >= 4 is 22.4 Å². The standard InChI is InChI=1S/C8H13ClN2OS/c1-4-13(12)5-7-6(2)10-11(3)8(7)9/h4-5H2,1-3H3. The number of halogens is 1. The lowest BCUT2D eigenvalue weighted by Gasteiger charge is -1.98. The number of rotatable bonds is 3. The Morgan fingerprint density at radius 1 is 1.62 bits per heavy atom. The minimum Gasteiger partial charge on any atom is -0.259 e. The SMILES string of the molecule is CCS(=O)Cc1c(C)nn(C)c1Cl. The van der Waals surface area contributed by atoms with Gasteiger partial charge < -0.3 is 0 Å². The van der Waals surface area contributed by atoms with Crippen LogP contribution in [0.4, 0.5) is 0 Å². The molecule has 0 saturated carbocycles. The van der Waals surface area contributed by atoms with Crippen LogP contribution in [0.3, 0.4) is 0 Å². The topological polar surface area (TPSA) is 34.9 Å². The second-order valence-corrected chi connectivity index (χ2v) is 4.95. The Labute approximate surface area is 85.5 Å². The summed E-state index contributed by atoms with van der Waals surface area (Å²) in [4.78, 5) is 0. The summed E-state index contributed by atoms with van der Waals surface area (Å²) in [6.07, 6.45) is 0. The van der Waals surface area contributed by atoms with E-state index in [0.29, 0.717) is 16.7 Å². The van der Waals surface area contributed by atoms with Crippen molar-refractivity contribution in [2.75, 3.05) is 5.75 Å². The molecule has 0 spiro atoms. The molecule has 1 heterocycles. The van der Waals surface area contributed by atoms with Gasteiger partial charge in [0.15, 0.2) is 0 Å². The van der Waals surface area contributed by atoms with Crippen LogP contribution >= 0.6 is 11.6 Å². The summed E-state index contributed by atoms with van der Waals surface area (Å²) in [5.74, 6) is 1.17. The van der Waals surface area contributed by atoms with Crippen molar-refractivity contribution < 1.29 is 4.21 Å².